The maximum absolute atomic E-state index is 10.0. The monoisotopic (exact) mass is 178 g/mol. The molecule has 0 aromatic carbocycles. The molecule has 0 radical (unpaired) electrons. The first-order valence-electron chi connectivity index (χ1n) is 3.73. The van der Waals surface area contributed by atoms with Crippen LogP contribution in [-0.2, 0) is 4.79 Å². The van der Waals surface area contributed by atoms with Gasteiger partial charge in [-0.2, -0.15) is 0 Å². The van der Waals surface area contributed by atoms with Gasteiger partial charge in [0.1, 0.15) is 0 Å². The van der Waals surface area contributed by atoms with Crippen molar-refractivity contribution in [1.29, 1.82) is 0 Å². The minimum absolute atomic E-state index is 0.0406. The second-order valence-electron chi connectivity index (χ2n) is 2.05. The molecular weight excluding hydrogens is 168 g/mol. The molecule has 0 fully saturated rings. The van der Waals surface area contributed by atoms with Crippen molar-refractivity contribution in [2.24, 2.45) is 0 Å². The van der Waals surface area contributed by atoms with Crippen LogP contribution in [0, 0.1) is 23.7 Å². The molecule has 0 rings (SSSR count). The van der Waals surface area contributed by atoms with Crippen LogP contribution in [0.2, 0.25) is 0 Å². The van der Waals surface area contributed by atoms with Gasteiger partial charge in [-0.1, -0.05) is 17.9 Å². The standard InChI is InChI=1S/C10H10O3/c11-9-7-5-3-1-2-4-6-8-10(12)13/h5,7,11H,6,8-9H2,(H,12,13)/b7-5-. The van der Waals surface area contributed by atoms with Crippen molar-refractivity contribution >= 4 is 5.97 Å². The van der Waals surface area contributed by atoms with E-state index in [0.717, 1.165) is 0 Å². The molecule has 13 heavy (non-hydrogen) atoms. The lowest BCUT2D eigenvalue weighted by Gasteiger charge is -1.80. The van der Waals surface area contributed by atoms with E-state index in [1.807, 2.05) is 0 Å². The summed E-state index contributed by atoms with van der Waals surface area (Å²) < 4.78 is 0. The molecule has 3 nitrogen and oxygen atoms in total. The molecular formula is C10H10O3. The number of rotatable bonds is 3. The summed E-state index contributed by atoms with van der Waals surface area (Å²) in [6.07, 6.45) is 3.34. The maximum Gasteiger partial charge on any atom is 0.304 e. The Balaban J connectivity index is 3.64. The Morgan fingerprint density at radius 2 is 2.15 bits per heavy atom. The molecule has 3 heteroatoms. The Bertz CT molecular complexity index is 294. The van der Waals surface area contributed by atoms with Gasteiger partial charge >= 0.3 is 5.97 Å². The molecule has 0 heterocycles. The summed E-state index contributed by atoms with van der Waals surface area (Å²) in [6, 6.07) is 0. The topological polar surface area (TPSA) is 57.5 Å². The predicted molar refractivity (Wildman–Crippen MR) is 48.6 cm³/mol. The van der Waals surface area contributed by atoms with Crippen molar-refractivity contribution in [3.63, 3.8) is 0 Å². The van der Waals surface area contributed by atoms with Crippen LogP contribution in [-0.4, -0.2) is 22.8 Å². The lowest BCUT2D eigenvalue weighted by molar-refractivity contribution is -0.136. The highest BCUT2D eigenvalue weighted by Crippen LogP contribution is 1.83. The van der Waals surface area contributed by atoms with E-state index in [1.165, 1.54) is 12.2 Å². The van der Waals surface area contributed by atoms with Gasteiger partial charge in [-0.3, -0.25) is 4.79 Å². The highest BCUT2D eigenvalue weighted by molar-refractivity contribution is 5.67. The van der Waals surface area contributed by atoms with E-state index in [-0.39, 0.29) is 13.0 Å². The third kappa shape index (κ3) is 10.3. The number of carboxylic acids is 1. The number of aliphatic hydroxyl groups is 1. The van der Waals surface area contributed by atoms with E-state index in [4.69, 9.17) is 10.2 Å². The van der Waals surface area contributed by atoms with Crippen LogP contribution in [0.1, 0.15) is 12.8 Å². The van der Waals surface area contributed by atoms with E-state index in [2.05, 4.69) is 23.7 Å². The third-order valence-corrected chi connectivity index (χ3v) is 0.994. The van der Waals surface area contributed by atoms with Crippen molar-refractivity contribution in [1.82, 2.24) is 0 Å². The molecule has 0 saturated heterocycles. The largest absolute Gasteiger partial charge is 0.481 e. The molecule has 0 spiro atoms. The minimum atomic E-state index is -0.859. The van der Waals surface area contributed by atoms with Crippen LogP contribution < -0.4 is 0 Å². The summed E-state index contributed by atoms with van der Waals surface area (Å²) in [7, 11) is 0. The van der Waals surface area contributed by atoms with Crippen molar-refractivity contribution in [2.75, 3.05) is 6.61 Å². The van der Waals surface area contributed by atoms with Gasteiger partial charge < -0.3 is 10.2 Å². The predicted octanol–water partition coefficient (Wildman–Crippen LogP) is 0.406. The second-order valence-corrected chi connectivity index (χ2v) is 2.05. The van der Waals surface area contributed by atoms with Crippen LogP contribution in [0.5, 0.6) is 0 Å². The summed E-state index contributed by atoms with van der Waals surface area (Å²) >= 11 is 0. The summed E-state index contributed by atoms with van der Waals surface area (Å²) in [5.41, 5.74) is 0. The average molecular weight is 178 g/mol. The smallest absolute Gasteiger partial charge is 0.304 e. The quantitative estimate of drug-likeness (QED) is 0.615. The van der Waals surface area contributed by atoms with Crippen LogP contribution in [0.15, 0.2) is 12.2 Å². The fraction of sp³-hybridized carbons (Fsp3) is 0.300. The van der Waals surface area contributed by atoms with Gasteiger partial charge in [0.25, 0.3) is 0 Å². The van der Waals surface area contributed by atoms with E-state index in [1.54, 1.807) is 0 Å². The zero-order valence-corrected chi connectivity index (χ0v) is 7.08. The minimum Gasteiger partial charge on any atom is -0.481 e. The van der Waals surface area contributed by atoms with Gasteiger partial charge in [0.05, 0.1) is 13.0 Å². The highest BCUT2D eigenvalue weighted by Gasteiger charge is 1.90. The van der Waals surface area contributed by atoms with Crippen molar-refractivity contribution in [3.05, 3.63) is 12.2 Å². The number of allylic oxidation sites excluding steroid dienone is 1. The van der Waals surface area contributed by atoms with Crippen molar-refractivity contribution < 1.29 is 15.0 Å². The molecule has 0 aromatic rings. The number of carbonyl (C=O) groups is 1. The first-order valence-corrected chi connectivity index (χ1v) is 3.73. The zero-order chi connectivity index (χ0) is 9.94. The first-order chi connectivity index (χ1) is 6.27. The van der Waals surface area contributed by atoms with Crippen LogP contribution >= 0.6 is 0 Å². The Morgan fingerprint density at radius 1 is 1.38 bits per heavy atom. The van der Waals surface area contributed by atoms with E-state index < -0.39 is 5.97 Å². The van der Waals surface area contributed by atoms with Gasteiger partial charge in [-0.15, -0.1) is 0 Å². The van der Waals surface area contributed by atoms with Crippen LogP contribution in [0.3, 0.4) is 0 Å². The lowest BCUT2D eigenvalue weighted by atomic mass is 10.3. The Labute approximate surface area is 77.1 Å². The van der Waals surface area contributed by atoms with E-state index in [0.29, 0.717) is 6.42 Å². The Kier molecular flexibility index (Phi) is 7.28. The molecule has 0 saturated carbocycles. The third-order valence-electron chi connectivity index (χ3n) is 0.994. The fourth-order valence-electron chi connectivity index (χ4n) is 0.466. The molecule has 68 valence electrons. The molecule has 0 bridgehead atoms. The number of aliphatic carboxylic acids is 1. The Morgan fingerprint density at radius 3 is 2.77 bits per heavy atom. The fourth-order valence-corrected chi connectivity index (χ4v) is 0.466. The number of hydrogen-bond donors (Lipinski definition) is 2. The molecule has 0 aliphatic rings. The van der Waals surface area contributed by atoms with Crippen LogP contribution in [0.4, 0.5) is 0 Å². The summed E-state index contributed by atoms with van der Waals surface area (Å²) in [6.45, 7) is -0.0406. The average Bonchev–Trinajstić information content (AvgIpc) is 2.09. The van der Waals surface area contributed by atoms with Crippen molar-refractivity contribution in [3.8, 4) is 23.7 Å². The highest BCUT2D eigenvalue weighted by atomic mass is 16.4. The molecule has 0 aromatic heterocycles. The van der Waals surface area contributed by atoms with E-state index in [9.17, 15) is 4.79 Å². The van der Waals surface area contributed by atoms with Crippen molar-refractivity contribution in [2.45, 2.75) is 12.8 Å². The summed E-state index contributed by atoms with van der Waals surface area (Å²) in [5, 5.41) is 16.6. The summed E-state index contributed by atoms with van der Waals surface area (Å²) in [4.78, 5) is 10.0. The lowest BCUT2D eigenvalue weighted by Crippen LogP contribution is -1.91. The zero-order valence-electron chi connectivity index (χ0n) is 7.08. The van der Waals surface area contributed by atoms with Gasteiger partial charge in [-0.05, 0) is 17.9 Å². The SMILES string of the molecule is O=C(O)CCC#CC#C/C=C\CO. The molecule has 0 aliphatic carbocycles. The molecule has 0 amide bonds. The summed E-state index contributed by atoms with van der Waals surface area (Å²) in [5.74, 6) is 9.28. The molecule has 2 N–H and O–H groups in total. The van der Waals surface area contributed by atoms with Gasteiger partial charge in [0.2, 0.25) is 0 Å². The Hall–Kier alpha value is -1.71. The normalized spacial score (nSPS) is 8.38. The van der Waals surface area contributed by atoms with Crippen LogP contribution in [0.25, 0.3) is 0 Å². The second kappa shape index (κ2) is 8.39. The van der Waals surface area contributed by atoms with E-state index >= 15 is 0 Å². The number of aliphatic hydroxyl groups excluding tert-OH is 1. The molecule has 0 unspecified atom stereocenters. The maximum atomic E-state index is 10.0. The van der Waals surface area contributed by atoms with Gasteiger partial charge in [0, 0.05) is 6.42 Å². The molecule has 0 aliphatic heterocycles. The molecule has 0 atom stereocenters. The van der Waals surface area contributed by atoms with Gasteiger partial charge in [0.15, 0.2) is 0 Å². The number of hydrogen-bond acceptors (Lipinski definition) is 2. The number of carboxylic acid groups (broad SMARTS) is 1. The first kappa shape index (κ1) is 11.3. The van der Waals surface area contributed by atoms with Gasteiger partial charge in [-0.25, -0.2) is 0 Å².